The number of aromatic nitrogens is 2. The highest BCUT2D eigenvalue weighted by Crippen LogP contribution is 2.23. The molecule has 0 bridgehead atoms. The summed E-state index contributed by atoms with van der Waals surface area (Å²) in [5, 5.41) is 4.29. The number of hydrogen-bond donors (Lipinski definition) is 1. The third kappa shape index (κ3) is 3.39. The number of hydrogen-bond acceptors (Lipinski definition) is 5. The third-order valence-electron chi connectivity index (χ3n) is 3.82. The van der Waals surface area contributed by atoms with E-state index in [-0.39, 0.29) is 6.04 Å². The molecule has 1 fully saturated rings. The van der Waals surface area contributed by atoms with Crippen molar-refractivity contribution in [1.82, 2.24) is 14.3 Å². The van der Waals surface area contributed by atoms with Crippen molar-refractivity contribution >= 4 is 42.8 Å². The molecule has 1 aliphatic rings. The Morgan fingerprint density at radius 2 is 2.05 bits per heavy atom. The molecule has 118 valence electrons. The zero-order chi connectivity index (χ0) is 15.7. The molecule has 0 saturated carbocycles. The smallest absolute Gasteiger partial charge is 0.223 e. The zero-order valence-electron chi connectivity index (χ0n) is 12.2. The summed E-state index contributed by atoms with van der Waals surface area (Å²) in [6.07, 6.45) is 4.56. The number of nitrogens with one attached hydrogen (secondary N) is 1. The van der Waals surface area contributed by atoms with E-state index in [0.29, 0.717) is 19.0 Å². The van der Waals surface area contributed by atoms with Crippen LogP contribution >= 0.6 is 15.9 Å². The molecule has 3 rings (SSSR count). The number of rotatable bonds is 3. The van der Waals surface area contributed by atoms with Crippen LogP contribution in [0.25, 0.3) is 10.9 Å². The quantitative estimate of drug-likeness (QED) is 0.877. The first kappa shape index (κ1) is 15.6. The van der Waals surface area contributed by atoms with E-state index in [9.17, 15) is 8.42 Å². The minimum atomic E-state index is -3.09. The number of para-hydroxylation sites is 1. The molecule has 2 aromatic rings. The van der Waals surface area contributed by atoms with Crippen molar-refractivity contribution in [1.29, 1.82) is 0 Å². The predicted molar refractivity (Wildman–Crippen MR) is 90.3 cm³/mol. The Bertz CT molecular complexity index is 789. The van der Waals surface area contributed by atoms with Crippen LogP contribution in [0.1, 0.15) is 12.8 Å². The van der Waals surface area contributed by atoms with Crippen LogP contribution in [0.3, 0.4) is 0 Å². The summed E-state index contributed by atoms with van der Waals surface area (Å²) < 4.78 is 25.5. The van der Waals surface area contributed by atoms with Crippen LogP contribution in [0.2, 0.25) is 0 Å². The summed E-state index contributed by atoms with van der Waals surface area (Å²) in [5.74, 6) is 0.581. The molecule has 6 nitrogen and oxygen atoms in total. The van der Waals surface area contributed by atoms with Gasteiger partial charge < -0.3 is 5.32 Å². The monoisotopic (exact) mass is 384 g/mol. The van der Waals surface area contributed by atoms with Crippen LogP contribution in [0.4, 0.5) is 5.95 Å². The Balaban J connectivity index is 1.71. The Morgan fingerprint density at radius 1 is 1.32 bits per heavy atom. The molecular weight excluding hydrogens is 368 g/mol. The van der Waals surface area contributed by atoms with Gasteiger partial charge in [-0.15, -0.1) is 0 Å². The van der Waals surface area contributed by atoms with Crippen molar-refractivity contribution in [2.75, 3.05) is 24.7 Å². The first-order valence-corrected chi connectivity index (χ1v) is 9.70. The number of piperidine rings is 1. The molecule has 0 radical (unpaired) electrons. The number of anilines is 1. The maximum absolute atomic E-state index is 11.5. The van der Waals surface area contributed by atoms with E-state index in [2.05, 4.69) is 31.2 Å². The summed E-state index contributed by atoms with van der Waals surface area (Å²) in [5.41, 5.74) is 0.869. The fraction of sp³-hybridized carbons (Fsp3) is 0.429. The molecule has 0 aliphatic carbocycles. The van der Waals surface area contributed by atoms with Crippen LogP contribution in [-0.4, -0.2) is 48.1 Å². The van der Waals surface area contributed by atoms with Crippen molar-refractivity contribution in [3.05, 3.63) is 28.9 Å². The topological polar surface area (TPSA) is 75.2 Å². The number of fused-ring (bicyclic) bond motifs is 1. The Hall–Kier alpha value is -1.25. The molecule has 22 heavy (non-hydrogen) atoms. The van der Waals surface area contributed by atoms with E-state index >= 15 is 0 Å². The molecule has 0 atom stereocenters. The second-order valence-corrected chi connectivity index (χ2v) is 8.29. The molecule has 1 aromatic heterocycles. The van der Waals surface area contributed by atoms with E-state index < -0.39 is 10.0 Å². The van der Waals surface area contributed by atoms with E-state index in [4.69, 9.17) is 0 Å². The van der Waals surface area contributed by atoms with Gasteiger partial charge in [0.25, 0.3) is 0 Å². The highest BCUT2D eigenvalue weighted by atomic mass is 79.9. The van der Waals surface area contributed by atoms with Gasteiger partial charge in [0.2, 0.25) is 16.0 Å². The fourth-order valence-electron chi connectivity index (χ4n) is 2.60. The molecule has 1 saturated heterocycles. The third-order valence-corrected chi connectivity index (χ3v) is 5.76. The molecule has 0 spiro atoms. The van der Waals surface area contributed by atoms with Crippen molar-refractivity contribution < 1.29 is 8.42 Å². The summed E-state index contributed by atoms with van der Waals surface area (Å²) in [7, 11) is -3.09. The molecule has 1 N–H and O–H groups in total. The standard InChI is InChI=1S/C14H17BrN4O2S/c1-22(20,21)19-7-5-11(6-8-19)17-14-16-9-10-3-2-4-12(15)13(10)18-14/h2-4,9,11H,5-8H2,1H3,(H,16,17,18). The van der Waals surface area contributed by atoms with Gasteiger partial charge in [0.15, 0.2) is 0 Å². The SMILES string of the molecule is CS(=O)(=O)N1CCC(Nc2ncc3cccc(Br)c3n2)CC1. The molecule has 2 heterocycles. The van der Waals surface area contributed by atoms with Gasteiger partial charge in [-0.1, -0.05) is 12.1 Å². The van der Waals surface area contributed by atoms with Gasteiger partial charge >= 0.3 is 0 Å². The fourth-order valence-corrected chi connectivity index (χ4v) is 3.95. The molecule has 0 unspecified atom stereocenters. The highest BCUT2D eigenvalue weighted by Gasteiger charge is 2.25. The van der Waals surface area contributed by atoms with Crippen LogP contribution in [-0.2, 0) is 10.0 Å². The summed E-state index contributed by atoms with van der Waals surface area (Å²) >= 11 is 3.49. The number of halogens is 1. The summed E-state index contributed by atoms with van der Waals surface area (Å²) in [6, 6.07) is 6.06. The Kier molecular flexibility index (Phi) is 4.33. The van der Waals surface area contributed by atoms with Crippen LogP contribution in [0.5, 0.6) is 0 Å². The largest absolute Gasteiger partial charge is 0.351 e. The van der Waals surface area contributed by atoms with Gasteiger partial charge in [0.1, 0.15) is 0 Å². The Morgan fingerprint density at radius 3 is 2.73 bits per heavy atom. The van der Waals surface area contributed by atoms with Crippen molar-refractivity contribution in [2.45, 2.75) is 18.9 Å². The second kappa shape index (κ2) is 6.10. The lowest BCUT2D eigenvalue weighted by atomic mass is 10.1. The van der Waals surface area contributed by atoms with Crippen LogP contribution in [0, 0.1) is 0 Å². The Labute approximate surface area is 138 Å². The minimum absolute atomic E-state index is 0.193. The van der Waals surface area contributed by atoms with Crippen molar-refractivity contribution in [3.63, 3.8) is 0 Å². The van der Waals surface area contributed by atoms with Gasteiger partial charge in [-0.05, 0) is 34.8 Å². The lowest BCUT2D eigenvalue weighted by Crippen LogP contribution is -2.42. The van der Waals surface area contributed by atoms with E-state index in [1.54, 1.807) is 6.20 Å². The first-order valence-electron chi connectivity index (χ1n) is 7.06. The van der Waals surface area contributed by atoms with Crippen molar-refractivity contribution in [3.8, 4) is 0 Å². The number of benzene rings is 1. The van der Waals surface area contributed by atoms with Crippen LogP contribution in [0.15, 0.2) is 28.9 Å². The maximum atomic E-state index is 11.5. The van der Waals surface area contributed by atoms with E-state index in [1.807, 2.05) is 18.2 Å². The molecule has 0 amide bonds. The lowest BCUT2D eigenvalue weighted by molar-refractivity contribution is 0.331. The van der Waals surface area contributed by atoms with E-state index in [1.165, 1.54) is 10.6 Å². The molecule has 1 aromatic carbocycles. The molecule has 1 aliphatic heterocycles. The minimum Gasteiger partial charge on any atom is -0.351 e. The first-order chi connectivity index (χ1) is 10.4. The molecular formula is C14H17BrN4O2S. The van der Waals surface area contributed by atoms with Gasteiger partial charge in [-0.25, -0.2) is 22.7 Å². The van der Waals surface area contributed by atoms with Gasteiger partial charge in [0, 0.05) is 35.2 Å². The molecule has 8 heteroatoms. The average Bonchev–Trinajstić information content (AvgIpc) is 2.48. The predicted octanol–water partition coefficient (Wildman–Crippen LogP) is 2.23. The normalized spacial score (nSPS) is 17.7. The second-order valence-electron chi connectivity index (χ2n) is 5.45. The van der Waals surface area contributed by atoms with Crippen LogP contribution < -0.4 is 5.32 Å². The highest BCUT2D eigenvalue weighted by molar-refractivity contribution is 9.10. The average molecular weight is 385 g/mol. The lowest BCUT2D eigenvalue weighted by Gasteiger charge is -2.30. The zero-order valence-corrected chi connectivity index (χ0v) is 14.6. The summed E-state index contributed by atoms with van der Waals surface area (Å²) in [4.78, 5) is 8.87. The number of sulfonamides is 1. The van der Waals surface area contributed by atoms with E-state index in [0.717, 1.165) is 28.2 Å². The van der Waals surface area contributed by atoms with Gasteiger partial charge in [0.05, 0.1) is 11.8 Å². The number of nitrogens with zero attached hydrogens (tertiary/aromatic N) is 3. The van der Waals surface area contributed by atoms with Gasteiger partial charge in [-0.2, -0.15) is 0 Å². The van der Waals surface area contributed by atoms with Crippen molar-refractivity contribution in [2.24, 2.45) is 0 Å². The summed E-state index contributed by atoms with van der Waals surface area (Å²) in [6.45, 7) is 1.07. The van der Waals surface area contributed by atoms with Gasteiger partial charge in [-0.3, -0.25) is 0 Å². The maximum Gasteiger partial charge on any atom is 0.223 e.